The highest BCUT2D eigenvalue weighted by atomic mass is 16.5. The molecule has 4 saturated carbocycles. The first kappa shape index (κ1) is 15.9. The average Bonchev–Trinajstić information content (AvgIpc) is 2.63. The van der Waals surface area contributed by atoms with Gasteiger partial charge in [-0.25, -0.2) is 4.98 Å². The van der Waals surface area contributed by atoms with Crippen LogP contribution < -0.4 is 10.5 Å². The topological polar surface area (TPSA) is 65.2 Å². The summed E-state index contributed by atoms with van der Waals surface area (Å²) >= 11 is 0. The van der Waals surface area contributed by atoms with Gasteiger partial charge in [0.25, 0.3) is 0 Å². The van der Waals surface area contributed by atoms with Crippen molar-refractivity contribution in [3.63, 3.8) is 0 Å². The lowest BCUT2D eigenvalue weighted by molar-refractivity contribution is -0.00279. The van der Waals surface area contributed by atoms with Gasteiger partial charge in [0.2, 0.25) is 11.8 Å². The van der Waals surface area contributed by atoms with Crippen LogP contribution in [0, 0.1) is 23.7 Å². The van der Waals surface area contributed by atoms with Crippen LogP contribution in [0.3, 0.4) is 0 Å². The van der Waals surface area contributed by atoms with Crippen molar-refractivity contribution in [2.45, 2.75) is 38.0 Å². The highest BCUT2D eigenvalue weighted by Crippen LogP contribution is 2.59. The molecule has 2 N–H and O–H groups in total. The second kappa shape index (κ2) is 6.11. The number of nitrogens with zero attached hydrogens (tertiary/aromatic N) is 1. The lowest BCUT2D eigenvalue weighted by Crippen LogP contribution is -2.43. The van der Waals surface area contributed by atoms with Gasteiger partial charge in [0.15, 0.2) is 0 Å². The lowest BCUT2D eigenvalue weighted by atomic mass is 9.51. The Balaban J connectivity index is 1.31. The third kappa shape index (κ3) is 2.77. The van der Waals surface area contributed by atoms with Crippen molar-refractivity contribution in [3.8, 4) is 11.6 Å². The van der Waals surface area contributed by atoms with Crippen LogP contribution in [0.2, 0.25) is 0 Å². The van der Waals surface area contributed by atoms with Crippen LogP contribution in [0.15, 0.2) is 42.6 Å². The van der Waals surface area contributed by atoms with Gasteiger partial charge in [-0.3, -0.25) is 4.79 Å². The molecule has 0 spiro atoms. The summed E-state index contributed by atoms with van der Waals surface area (Å²) in [5.74, 6) is 5.29. The summed E-state index contributed by atoms with van der Waals surface area (Å²) in [5.41, 5.74) is 7.09. The Morgan fingerprint density at radius 1 is 0.923 bits per heavy atom. The van der Waals surface area contributed by atoms with Gasteiger partial charge < -0.3 is 10.5 Å². The minimum atomic E-state index is -0.482. The SMILES string of the molecule is NC(=O)c1ccc(Oc2ccc(C3[C@H]4C[C@@H]5C[C@@H](C[C@H]3C5)C4)cc2)nc1. The van der Waals surface area contributed by atoms with Gasteiger partial charge in [-0.2, -0.15) is 0 Å². The zero-order valence-electron chi connectivity index (χ0n) is 14.8. The fourth-order valence-corrected chi connectivity index (χ4v) is 5.93. The van der Waals surface area contributed by atoms with E-state index in [9.17, 15) is 4.79 Å². The van der Waals surface area contributed by atoms with Gasteiger partial charge in [0.05, 0.1) is 5.56 Å². The van der Waals surface area contributed by atoms with Crippen molar-refractivity contribution < 1.29 is 9.53 Å². The van der Waals surface area contributed by atoms with Crippen LogP contribution in [-0.2, 0) is 0 Å². The van der Waals surface area contributed by atoms with E-state index in [1.165, 1.54) is 43.9 Å². The quantitative estimate of drug-likeness (QED) is 0.884. The Morgan fingerprint density at radius 3 is 2.12 bits per heavy atom. The van der Waals surface area contributed by atoms with Crippen molar-refractivity contribution >= 4 is 5.91 Å². The smallest absolute Gasteiger partial charge is 0.250 e. The Labute approximate surface area is 153 Å². The zero-order chi connectivity index (χ0) is 17.7. The van der Waals surface area contributed by atoms with Crippen molar-refractivity contribution in [3.05, 3.63) is 53.7 Å². The van der Waals surface area contributed by atoms with E-state index >= 15 is 0 Å². The number of carbonyl (C=O) groups excluding carboxylic acids is 1. The molecule has 0 unspecified atom stereocenters. The van der Waals surface area contributed by atoms with Crippen LogP contribution in [0.5, 0.6) is 11.6 Å². The standard InChI is InChI=1S/C22H24N2O2/c23-22(25)16-3-6-20(24-12-16)26-19-4-1-15(2-5-19)21-17-8-13-7-14(10-17)11-18(21)9-13/h1-6,12-14,17-18,21H,7-11H2,(H2,23,25)/t13-,14+,17-,18+,21?. The molecule has 1 heterocycles. The van der Waals surface area contributed by atoms with Crippen LogP contribution in [0.1, 0.15) is 53.9 Å². The Bertz CT molecular complexity index is 785. The van der Waals surface area contributed by atoms with E-state index in [2.05, 4.69) is 17.1 Å². The molecule has 0 atom stereocenters. The second-order valence-electron chi connectivity index (χ2n) is 8.38. The number of benzene rings is 1. The summed E-state index contributed by atoms with van der Waals surface area (Å²) in [5, 5.41) is 0. The highest BCUT2D eigenvalue weighted by Gasteiger charge is 2.48. The minimum Gasteiger partial charge on any atom is -0.439 e. The van der Waals surface area contributed by atoms with E-state index < -0.39 is 5.91 Å². The van der Waals surface area contributed by atoms with Gasteiger partial charge in [-0.05, 0) is 85.5 Å². The Kier molecular flexibility index (Phi) is 3.73. The summed E-state index contributed by atoms with van der Waals surface area (Å²) in [6.07, 6.45) is 8.69. The number of hydrogen-bond acceptors (Lipinski definition) is 3. The van der Waals surface area contributed by atoms with Crippen LogP contribution in [0.4, 0.5) is 0 Å². The molecule has 1 aromatic heterocycles. The molecule has 1 amide bonds. The summed E-state index contributed by atoms with van der Waals surface area (Å²) in [6.45, 7) is 0. The maximum absolute atomic E-state index is 11.1. The molecule has 2 aromatic rings. The van der Waals surface area contributed by atoms with Crippen molar-refractivity contribution in [1.82, 2.24) is 4.98 Å². The highest BCUT2D eigenvalue weighted by molar-refractivity contribution is 5.92. The number of carbonyl (C=O) groups is 1. The molecule has 4 nitrogen and oxygen atoms in total. The predicted molar refractivity (Wildman–Crippen MR) is 99.1 cm³/mol. The number of amides is 1. The Morgan fingerprint density at radius 2 is 1.58 bits per heavy atom. The molecule has 4 heteroatoms. The molecule has 4 bridgehead atoms. The Hall–Kier alpha value is -2.36. The number of pyridine rings is 1. The minimum absolute atomic E-state index is 0.384. The molecule has 4 aliphatic carbocycles. The summed E-state index contributed by atoms with van der Waals surface area (Å²) in [7, 11) is 0. The van der Waals surface area contributed by atoms with E-state index in [4.69, 9.17) is 10.5 Å². The maximum atomic E-state index is 11.1. The number of ether oxygens (including phenoxy) is 1. The van der Waals surface area contributed by atoms with E-state index in [-0.39, 0.29) is 0 Å². The second-order valence-corrected chi connectivity index (χ2v) is 8.38. The van der Waals surface area contributed by atoms with Crippen LogP contribution in [0.25, 0.3) is 0 Å². The van der Waals surface area contributed by atoms with E-state index in [0.717, 1.165) is 35.3 Å². The number of nitrogens with two attached hydrogens (primary N) is 1. The fraction of sp³-hybridized carbons (Fsp3) is 0.455. The van der Waals surface area contributed by atoms with Gasteiger partial charge >= 0.3 is 0 Å². The van der Waals surface area contributed by atoms with Crippen molar-refractivity contribution in [2.75, 3.05) is 0 Å². The van der Waals surface area contributed by atoms with E-state index in [0.29, 0.717) is 11.4 Å². The lowest BCUT2D eigenvalue weighted by Gasteiger charge is -2.54. The molecule has 4 fully saturated rings. The summed E-state index contributed by atoms with van der Waals surface area (Å²) in [6, 6.07) is 11.9. The number of hydrogen-bond donors (Lipinski definition) is 1. The van der Waals surface area contributed by atoms with Crippen molar-refractivity contribution in [1.29, 1.82) is 0 Å². The summed E-state index contributed by atoms with van der Waals surface area (Å²) in [4.78, 5) is 15.2. The molecule has 6 rings (SSSR count). The van der Waals surface area contributed by atoms with Crippen LogP contribution >= 0.6 is 0 Å². The van der Waals surface area contributed by atoms with Crippen molar-refractivity contribution in [2.24, 2.45) is 29.4 Å². The van der Waals surface area contributed by atoms with Gasteiger partial charge in [-0.1, -0.05) is 12.1 Å². The average molecular weight is 348 g/mol. The molecule has 0 radical (unpaired) electrons. The van der Waals surface area contributed by atoms with E-state index in [1.54, 1.807) is 12.1 Å². The van der Waals surface area contributed by atoms with Gasteiger partial charge in [0, 0.05) is 12.3 Å². The zero-order valence-corrected chi connectivity index (χ0v) is 14.8. The molecular weight excluding hydrogens is 324 g/mol. The van der Waals surface area contributed by atoms with Crippen LogP contribution in [-0.4, -0.2) is 10.9 Å². The van der Waals surface area contributed by atoms with E-state index in [1.807, 2.05) is 12.1 Å². The molecule has 4 aliphatic rings. The fourth-order valence-electron chi connectivity index (χ4n) is 5.93. The molecule has 1 aromatic carbocycles. The maximum Gasteiger partial charge on any atom is 0.250 e. The first-order valence-electron chi connectivity index (χ1n) is 9.69. The largest absolute Gasteiger partial charge is 0.439 e. The first-order chi connectivity index (χ1) is 12.7. The number of aromatic nitrogens is 1. The summed E-state index contributed by atoms with van der Waals surface area (Å²) < 4.78 is 5.81. The monoisotopic (exact) mass is 348 g/mol. The number of rotatable bonds is 4. The first-order valence-corrected chi connectivity index (χ1v) is 9.69. The van der Waals surface area contributed by atoms with Gasteiger partial charge in [-0.15, -0.1) is 0 Å². The molecule has 134 valence electrons. The predicted octanol–water partition coefficient (Wildman–Crippen LogP) is 4.51. The normalized spacial score (nSPS) is 31.8. The number of primary amides is 1. The molecule has 26 heavy (non-hydrogen) atoms. The third-order valence-corrected chi connectivity index (χ3v) is 6.74. The van der Waals surface area contributed by atoms with Gasteiger partial charge in [0.1, 0.15) is 5.75 Å². The third-order valence-electron chi connectivity index (χ3n) is 6.74. The molecule has 0 aliphatic heterocycles. The molecular formula is C22H24N2O2. The molecule has 0 saturated heterocycles.